The summed E-state index contributed by atoms with van der Waals surface area (Å²) in [6.45, 7) is 5.93. The first-order chi connectivity index (χ1) is 10.0. The Balaban J connectivity index is 2.26. The van der Waals surface area contributed by atoms with Crippen LogP contribution in [0.4, 0.5) is 0 Å². The molecule has 1 aromatic rings. The summed E-state index contributed by atoms with van der Waals surface area (Å²) in [4.78, 5) is 24.7. The molecule has 2 rings (SSSR count). The molecule has 1 unspecified atom stereocenters. The van der Waals surface area contributed by atoms with Crippen molar-refractivity contribution in [2.75, 3.05) is 6.61 Å². The summed E-state index contributed by atoms with van der Waals surface area (Å²) in [5.41, 5.74) is 1.27. The fourth-order valence-electron chi connectivity index (χ4n) is 2.71. The molecule has 1 N–H and O–H groups in total. The van der Waals surface area contributed by atoms with Gasteiger partial charge in [0.05, 0.1) is 6.61 Å². The first kappa shape index (κ1) is 15.5. The van der Waals surface area contributed by atoms with Crippen LogP contribution in [0, 0.1) is 5.92 Å². The zero-order valence-electron chi connectivity index (χ0n) is 12.9. The third-order valence-corrected chi connectivity index (χ3v) is 4.19. The fourth-order valence-corrected chi connectivity index (χ4v) is 2.71. The molecule has 0 aromatic heterocycles. The van der Waals surface area contributed by atoms with Crippen molar-refractivity contribution < 1.29 is 14.3 Å². The van der Waals surface area contributed by atoms with E-state index >= 15 is 0 Å². The Kier molecular flexibility index (Phi) is 4.66. The Hall–Kier alpha value is -1.84. The number of esters is 1. The Bertz CT molecular complexity index is 514. The van der Waals surface area contributed by atoms with E-state index in [0.717, 1.165) is 17.5 Å². The lowest BCUT2D eigenvalue weighted by atomic mass is 9.94. The van der Waals surface area contributed by atoms with Crippen LogP contribution in [-0.2, 0) is 27.2 Å². The van der Waals surface area contributed by atoms with E-state index in [4.69, 9.17) is 4.74 Å². The number of carbonyl (C=O) groups is 2. The van der Waals surface area contributed by atoms with Gasteiger partial charge in [-0.05, 0) is 24.5 Å². The standard InChI is InChI=1S/C17H23NO3/c1-4-12(3)15(19)18-17(16(20)21-5-2)10-13-8-6-7-9-14(13)11-17/h6-9,12H,4-5,10-11H2,1-3H3,(H,18,19). The topological polar surface area (TPSA) is 55.4 Å². The maximum absolute atomic E-state index is 12.4. The minimum Gasteiger partial charge on any atom is -0.464 e. The number of hydrogen-bond acceptors (Lipinski definition) is 3. The predicted octanol–water partition coefficient (Wildman–Crippen LogP) is 2.25. The van der Waals surface area contributed by atoms with Gasteiger partial charge in [0.1, 0.15) is 5.54 Å². The van der Waals surface area contributed by atoms with Gasteiger partial charge in [0.15, 0.2) is 0 Å². The Morgan fingerprint density at radius 2 is 1.81 bits per heavy atom. The number of carbonyl (C=O) groups excluding carboxylic acids is 2. The van der Waals surface area contributed by atoms with Crippen molar-refractivity contribution in [3.8, 4) is 0 Å². The second kappa shape index (κ2) is 6.29. The van der Waals surface area contributed by atoms with Crippen molar-refractivity contribution in [3.05, 3.63) is 35.4 Å². The molecular formula is C17H23NO3. The van der Waals surface area contributed by atoms with Crippen LogP contribution in [0.2, 0.25) is 0 Å². The lowest BCUT2D eigenvalue weighted by molar-refractivity contribution is -0.153. The SMILES string of the molecule is CCOC(=O)C1(NC(=O)C(C)CC)Cc2ccccc2C1. The van der Waals surface area contributed by atoms with Crippen LogP contribution < -0.4 is 5.32 Å². The summed E-state index contributed by atoms with van der Waals surface area (Å²) < 4.78 is 5.22. The smallest absolute Gasteiger partial charge is 0.332 e. The summed E-state index contributed by atoms with van der Waals surface area (Å²) in [5, 5.41) is 2.96. The molecule has 0 aliphatic heterocycles. The van der Waals surface area contributed by atoms with Gasteiger partial charge in [0.25, 0.3) is 0 Å². The van der Waals surface area contributed by atoms with E-state index < -0.39 is 5.54 Å². The normalized spacial score (nSPS) is 16.9. The number of hydrogen-bond donors (Lipinski definition) is 1. The first-order valence-electron chi connectivity index (χ1n) is 7.58. The average molecular weight is 289 g/mol. The van der Waals surface area contributed by atoms with Crippen LogP contribution in [0.25, 0.3) is 0 Å². The molecule has 1 amide bonds. The third-order valence-electron chi connectivity index (χ3n) is 4.19. The maximum atomic E-state index is 12.4. The van der Waals surface area contributed by atoms with Crippen molar-refractivity contribution in [1.29, 1.82) is 0 Å². The molecule has 1 aromatic carbocycles. The van der Waals surface area contributed by atoms with Crippen molar-refractivity contribution in [3.63, 3.8) is 0 Å². The van der Waals surface area contributed by atoms with Crippen LogP contribution in [0.1, 0.15) is 38.3 Å². The van der Waals surface area contributed by atoms with Crippen LogP contribution >= 0.6 is 0 Å². The fraction of sp³-hybridized carbons (Fsp3) is 0.529. The van der Waals surface area contributed by atoms with E-state index in [0.29, 0.717) is 19.4 Å². The van der Waals surface area contributed by atoms with Crippen molar-refractivity contribution >= 4 is 11.9 Å². The largest absolute Gasteiger partial charge is 0.464 e. The van der Waals surface area contributed by atoms with E-state index in [1.807, 2.05) is 38.1 Å². The number of rotatable bonds is 5. The first-order valence-corrected chi connectivity index (χ1v) is 7.58. The summed E-state index contributed by atoms with van der Waals surface area (Å²) in [7, 11) is 0. The predicted molar refractivity (Wildman–Crippen MR) is 80.8 cm³/mol. The molecule has 21 heavy (non-hydrogen) atoms. The highest BCUT2D eigenvalue weighted by Crippen LogP contribution is 2.31. The lowest BCUT2D eigenvalue weighted by Crippen LogP contribution is -2.57. The molecule has 0 spiro atoms. The van der Waals surface area contributed by atoms with E-state index in [1.54, 1.807) is 6.92 Å². The van der Waals surface area contributed by atoms with E-state index in [9.17, 15) is 9.59 Å². The minimum absolute atomic E-state index is 0.0849. The Morgan fingerprint density at radius 3 is 2.29 bits per heavy atom. The van der Waals surface area contributed by atoms with Gasteiger partial charge < -0.3 is 10.1 Å². The Morgan fingerprint density at radius 1 is 1.24 bits per heavy atom. The van der Waals surface area contributed by atoms with Crippen LogP contribution in [0.15, 0.2) is 24.3 Å². The van der Waals surface area contributed by atoms with E-state index in [1.165, 1.54) is 0 Å². The van der Waals surface area contributed by atoms with Crippen molar-refractivity contribution in [1.82, 2.24) is 5.32 Å². The number of nitrogens with one attached hydrogen (secondary N) is 1. The molecule has 4 nitrogen and oxygen atoms in total. The number of fused-ring (bicyclic) bond motifs is 1. The van der Waals surface area contributed by atoms with Gasteiger partial charge in [-0.15, -0.1) is 0 Å². The van der Waals surface area contributed by atoms with Gasteiger partial charge in [0.2, 0.25) is 5.91 Å². The molecule has 1 atom stereocenters. The van der Waals surface area contributed by atoms with Gasteiger partial charge in [-0.2, -0.15) is 0 Å². The molecule has 0 heterocycles. The highest BCUT2D eigenvalue weighted by atomic mass is 16.5. The molecule has 0 radical (unpaired) electrons. The monoisotopic (exact) mass is 289 g/mol. The molecule has 1 aliphatic rings. The minimum atomic E-state index is -0.944. The van der Waals surface area contributed by atoms with E-state index in [2.05, 4.69) is 5.32 Å². The molecule has 0 saturated carbocycles. The lowest BCUT2D eigenvalue weighted by Gasteiger charge is -2.29. The summed E-state index contributed by atoms with van der Waals surface area (Å²) in [6, 6.07) is 7.92. The highest BCUT2D eigenvalue weighted by Gasteiger charge is 2.46. The quantitative estimate of drug-likeness (QED) is 0.846. The zero-order valence-corrected chi connectivity index (χ0v) is 12.9. The molecule has 1 aliphatic carbocycles. The van der Waals surface area contributed by atoms with E-state index in [-0.39, 0.29) is 17.8 Å². The van der Waals surface area contributed by atoms with Crippen LogP contribution in [0.3, 0.4) is 0 Å². The third kappa shape index (κ3) is 3.09. The second-order valence-electron chi connectivity index (χ2n) is 5.72. The molecule has 4 heteroatoms. The number of amides is 1. The summed E-state index contributed by atoms with van der Waals surface area (Å²) in [5.74, 6) is -0.531. The summed E-state index contributed by atoms with van der Waals surface area (Å²) >= 11 is 0. The van der Waals surface area contributed by atoms with Gasteiger partial charge in [-0.1, -0.05) is 38.1 Å². The molecule has 114 valence electrons. The maximum Gasteiger partial charge on any atom is 0.332 e. The van der Waals surface area contributed by atoms with Crippen molar-refractivity contribution in [2.24, 2.45) is 5.92 Å². The van der Waals surface area contributed by atoms with Crippen LogP contribution in [0.5, 0.6) is 0 Å². The second-order valence-corrected chi connectivity index (χ2v) is 5.72. The van der Waals surface area contributed by atoms with Gasteiger partial charge in [0, 0.05) is 18.8 Å². The highest BCUT2D eigenvalue weighted by molar-refractivity contribution is 5.90. The number of ether oxygens (including phenoxy) is 1. The van der Waals surface area contributed by atoms with Gasteiger partial charge in [-0.25, -0.2) is 4.79 Å². The van der Waals surface area contributed by atoms with Gasteiger partial charge in [-0.3, -0.25) is 4.79 Å². The van der Waals surface area contributed by atoms with Crippen molar-refractivity contribution in [2.45, 2.75) is 45.6 Å². The number of benzene rings is 1. The Labute approximate surface area is 125 Å². The summed E-state index contributed by atoms with van der Waals surface area (Å²) in [6.07, 6.45) is 1.76. The molecule has 0 bridgehead atoms. The zero-order chi connectivity index (χ0) is 15.5. The van der Waals surface area contributed by atoms with Crippen LogP contribution in [-0.4, -0.2) is 24.0 Å². The molecule has 0 fully saturated rings. The molecule has 0 saturated heterocycles. The average Bonchev–Trinajstić information content (AvgIpc) is 2.85. The molecular weight excluding hydrogens is 266 g/mol. The van der Waals surface area contributed by atoms with Gasteiger partial charge >= 0.3 is 5.97 Å².